The molecule has 0 saturated carbocycles. The summed E-state index contributed by atoms with van der Waals surface area (Å²) < 4.78 is 33.7. The van der Waals surface area contributed by atoms with E-state index in [1.165, 1.54) is 16.8 Å². The van der Waals surface area contributed by atoms with Crippen LogP contribution in [-0.4, -0.2) is 21.9 Å². The molecule has 2 N–H and O–H groups in total. The Hall–Kier alpha value is -4.25. The molecule has 0 atom stereocenters. The predicted molar refractivity (Wildman–Crippen MR) is 125 cm³/mol. The summed E-state index contributed by atoms with van der Waals surface area (Å²) in [7, 11) is 0. The minimum absolute atomic E-state index is 0.0741. The molecular formula is C26H22F2N4O2. The molecule has 0 bridgehead atoms. The quantitative estimate of drug-likeness (QED) is 0.413. The first-order valence-corrected chi connectivity index (χ1v) is 10.6. The summed E-state index contributed by atoms with van der Waals surface area (Å²) in [4.78, 5) is 16.3. The fourth-order valence-corrected chi connectivity index (χ4v) is 4.12. The Morgan fingerprint density at radius 1 is 1.21 bits per heavy atom. The van der Waals surface area contributed by atoms with E-state index < -0.39 is 18.9 Å². The number of rotatable bonds is 7. The molecule has 172 valence electrons. The van der Waals surface area contributed by atoms with Gasteiger partial charge in [0.2, 0.25) is 0 Å². The first-order valence-electron chi connectivity index (χ1n) is 10.6. The average Bonchev–Trinajstić information content (AvgIpc) is 3.16. The molecule has 0 unspecified atom stereocenters. The predicted octanol–water partition coefficient (Wildman–Crippen LogP) is 5.13. The van der Waals surface area contributed by atoms with Gasteiger partial charge < -0.3 is 15.0 Å². The summed E-state index contributed by atoms with van der Waals surface area (Å²) in [6.07, 6.45) is -1.33. The monoisotopic (exact) mass is 460 g/mol. The molecule has 2 aromatic carbocycles. The molecule has 0 saturated heterocycles. The van der Waals surface area contributed by atoms with E-state index in [1.54, 1.807) is 0 Å². The third-order valence-corrected chi connectivity index (χ3v) is 5.66. The number of nitrogens with zero attached hydrogens (tertiary/aromatic N) is 3. The fourth-order valence-electron chi connectivity index (χ4n) is 4.12. The molecule has 1 amide bonds. The zero-order chi connectivity index (χ0) is 24.4. The number of fused-ring (bicyclic) bond motifs is 1. The van der Waals surface area contributed by atoms with Crippen molar-refractivity contribution in [3.05, 3.63) is 82.7 Å². The van der Waals surface area contributed by atoms with E-state index in [0.717, 1.165) is 22.3 Å². The van der Waals surface area contributed by atoms with Crippen molar-refractivity contribution < 1.29 is 18.3 Å². The van der Waals surface area contributed by atoms with Crippen LogP contribution in [0, 0.1) is 25.2 Å². The number of pyridine rings is 1. The van der Waals surface area contributed by atoms with Crippen LogP contribution in [0.1, 0.15) is 32.7 Å². The van der Waals surface area contributed by atoms with E-state index in [9.17, 15) is 18.8 Å². The maximum Gasteiger partial charge on any atom is 0.267 e. The van der Waals surface area contributed by atoms with Crippen LogP contribution in [0.25, 0.3) is 22.2 Å². The molecule has 0 aliphatic heterocycles. The van der Waals surface area contributed by atoms with Crippen LogP contribution in [0.3, 0.4) is 0 Å². The number of benzene rings is 2. The van der Waals surface area contributed by atoms with Crippen molar-refractivity contribution in [2.45, 2.75) is 33.4 Å². The smallest absolute Gasteiger partial charge is 0.267 e. The van der Waals surface area contributed by atoms with E-state index in [-0.39, 0.29) is 16.9 Å². The van der Waals surface area contributed by atoms with Gasteiger partial charge in [-0.15, -0.1) is 0 Å². The molecule has 0 fully saturated rings. The molecule has 8 heteroatoms. The molecule has 2 heterocycles. The number of halogens is 2. The van der Waals surface area contributed by atoms with Crippen molar-refractivity contribution in [1.29, 1.82) is 5.26 Å². The molecule has 4 aromatic rings. The Labute approximate surface area is 195 Å². The number of amides is 1. The largest absolute Gasteiger partial charge is 0.489 e. The summed E-state index contributed by atoms with van der Waals surface area (Å²) in [6.45, 7) is 3.46. The van der Waals surface area contributed by atoms with Gasteiger partial charge in [-0.2, -0.15) is 5.26 Å². The standard InChI is InChI=1S/C26H22F2N4O2/c1-15-8-9-21(34-14-17-6-4-3-5-7-17)16(2)23(15)19-10-20(25(30)33)31-26-24(19)18(11-29)12-32(26)13-22(27)28/h3-10,12,22H,13-14H2,1-2H3,(H2,30,33). The number of carbonyl (C=O) groups excluding carboxylic acids is 1. The number of hydrogen-bond donors (Lipinski definition) is 1. The lowest BCUT2D eigenvalue weighted by molar-refractivity contribution is 0.0996. The van der Waals surface area contributed by atoms with E-state index in [0.29, 0.717) is 23.3 Å². The second-order valence-corrected chi connectivity index (χ2v) is 7.97. The average molecular weight is 460 g/mol. The first kappa shape index (κ1) is 22.9. The van der Waals surface area contributed by atoms with Crippen LogP contribution in [-0.2, 0) is 13.2 Å². The number of aromatic nitrogens is 2. The maximum absolute atomic E-state index is 13.2. The van der Waals surface area contributed by atoms with Crippen molar-refractivity contribution in [1.82, 2.24) is 9.55 Å². The van der Waals surface area contributed by atoms with Crippen molar-refractivity contribution in [3.8, 4) is 22.9 Å². The molecule has 0 radical (unpaired) electrons. The van der Waals surface area contributed by atoms with Gasteiger partial charge in [0, 0.05) is 11.6 Å². The van der Waals surface area contributed by atoms with Crippen LogP contribution in [0.2, 0.25) is 0 Å². The Morgan fingerprint density at radius 3 is 2.59 bits per heavy atom. The lowest BCUT2D eigenvalue weighted by Crippen LogP contribution is -2.14. The third-order valence-electron chi connectivity index (χ3n) is 5.66. The summed E-state index contributed by atoms with van der Waals surface area (Å²) in [5, 5.41) is 10.1. The van der Waals surface area contributed by atoms with E-state index in [2.05, 4.69) is 11.1 Å². The topological polar surface area (TPSA) is 93.9 Å². The van der Waals surface area contributed by atoms with Gasteiger partial charge in [-0.3, -0.25) is 4.79 Å². The summed E-state index contributed by atoms with van der Waals surface area (Å²) in [5.41, 5.74) is 9.62. The molecule has 0 spiro atoms. The fraction of sp³-hybridized carbons (Fsp3) is 0.192. The molecule has 0 aliphatic rings. The summed E-state index contributed by atoms with van der Waals surface area (Å²) >= 11 is 0. The van der Waals surface area contributed by atoms with E-state index in [4.69, 9.17) is 10.5 Å². The Balaban J connectivity index is 1.93. The van der Waals surface area contributed by atoms with Gasteiger partial charge >= 0.3 is 0 Å². The van der Waals surface area contributed by atoms with Crippen molar-refractivity contribution in [2.24, 2.45) is 5.73 Å². The minimum atomic E-state index is -2.66. The second-order valence-electron chi connectivity index (χ2n) is 7.97. The van der Waals surface area contributed by atoms with Gasteiger partial charge in [0.25, 0.3) is 12.3 Å². The second kappa shape index (κ2) is 9.32. The summed E-state index contributed by atoms with van der Waals surface area (Å²) in [5.74, 6) is -0.168. The van der Waals surface area contributed by atoms with E-state index in [1.807, 2.05) is 56.3 Å². The Bertz CT molecular complexity index is 1420. The highest BCUT2D eigenvalue weighted by atomic mass is 19.3. The van der Waals surface area contributed by atoms with Crippen LogP contribution < -0.4 is 10.5 Å². The van der Waals surface area contributed by atoms with Crippen LogP contribution in [0.5, 0.6) is 5.75 Å². The molecule has 4 rings (SSSR count). The number of aryl methyl sites for hydroxylation is 1. The molecule has 34 heavy (non-hydrogen) atoms. The number of carbonyl (C=O) groups is 1. The maximum atomic E-state index is 13.2. The number of nitrogens with two attached hydrogens (primary N) is 1. The van der Waals surface area contributed by atoms with Crippen molar-refractivity contribution >= 4 is 16.9 Å². The Morgan fingerprint density at radius 2 is 1.94 bits per heavy atom. The highest BCUT2D eigenvalue weighted by Gasteiger charge is 2.23. The summed E-state index contributed by atoms with van der Waals surface area (Å²) in [6, 6.07) is 17.0. The van der Waals surface area contributed by atoms with Gasteiger partial charge in [-0.25, -0.2) is 13.8 Å². The van der Waals surface area contributed by atoms with Gasteiger partial charge in [-0.05, 0) is 53.8 Å². The SMILES string of the molecule is Cc1ccc(OCc2ccccc2)c(C)c1-c1cc(C(N)=O)nc2c1c(C#N)cn2CC(F)F. The molecule has 0 aliphatic carbocycles. The number of primary amides is 1. The van der Waals surface area contributed by atoms with Gasteiger partial charge in [0.15, 0.2) is 0 Å². The molecular weight excluding hydrogens is 438 g/mol. The van der Waals surface area contributed by atoms with Gasteiger partial charge in [0.05, 0.1) is 12.1 Å². The Kier molecular flexibility index (Phi) is 6.28. The molecule has 6 nitrogen and oxygen atoms in total. The van der Waals surface area contributed by atoms with Crippen LogP contribution >= 0.6 is 0 Å². The lowest BCUT2D eigenvalue weighted by atomic mass is 9.92. The van der Waals surface area contributed by atoms with Gasteiger partial charge in [0.1, 0.15) is 29.8 Å². The number of hydrogen-bond acceptors (Lipinski definition) is 4. The lowest BCUT2D eigenvalue weighted by Gasteiger charge is -2.17. The van der Waals surface area contributed by atoms with E-state index >= 15 is 0 Å². The molecule has 2 aromatic heterocycles. The van der Waals surface area contributed by atoms with Gasteiger partial charge in [-0.1, -0.05) is 36.4 Å². The van der Waals surface area contributed by atoms with Crippen LogP contribution in [0.4, 0.5) is 8.78 Å². The van der Waals surface area contributed by atoms with Crippen molar-refractivity contribution in [3.63, 3.8) is 0 Å². The zero-order valence-electron chi connectivity index (χ0n) is 18.7. The highest BCUT2D eigenvalue weighted by Crippen LogP contribution is 2.39. The first-order chi connectivity index (χ1) is 16.3. The van der Waals surface area contributed by atoms with Crippen molar-refractivity contribution in [2.75, 3.05) is 0 Å². The third kappa shape index (κ3) is 4.33. The normalized spacial score (nSPS) is 11.1. The minimum Gasteiger partial charge on any atom is -0.489 e. The zero-order valence-corrected chi connectivity index (χ0v) is 18.7. The van der Waals surface area contributed by atoms with Crippen LogP contribution in [0.15, 0.2) is 54.7 Å². The number of ether oxygens (including phenoxy) is 1. The number of nitriles is 1. The number of alkyl halides is 2. The highest BCUT2D eigenvalue weighted by molar-refractivity contribution is 6.03.